The molecule has 0 bridgehead atoms. The fourth-order valence-corrected chi connectivity index (χ4v) is 9.50. The van der Waals surface area contributed by atoms with E-state index in [1.807, 2.05) is 50.3 Å². The minimum atomic E-state index is -4.00. The van der Waals surface area contributed by atoms with Gasteiger partial charge in [0.15, 0.2) is 0 Å². The predicted octanol–water partition coefficient (Wildman–Crippen LogP) is 2.94. The van der Waals surface area contributed by atoms with Gasteiger partial charge in [0.2, 0.25) is 27.7 Å². The maximum absolute atomic E-state index is 14.5. The Balaban J connectivity index is 1.21. The van der Waals surface area contributed by atoms with Crippen molar-refractivity contribution in [2.24, 2.45) is 17.8 Å². The number of sulfonamides is 1. The van der Waals surface area contributed by atoms with Crippen LogP contribution in [0.2, 0.25) is 0 Å². The number of carboxylic acid groups (broad SMARTS) is 1. The minimum absolute atomic E-state index is 0.0257. The Morgan fingerprint density at radius 2 is 1.81 bits per heavy atom. The van der Waals surface area contributed by atoms with Crippen molar-refractivity contribution in [2.45, 2.75) is 94.2 Å². The number of allylic oxidation sites excluding steroid dienone is 1. The van der Waals surface area contributed by atoms with Crippen LogP contribution in [0.25, 0.3) is 10.8 Å². The van der Waals surface area contributed by atoms with Gasteiger partial charge in [-0.05, 0) is 63.4 Å². The molecule has 54 heavy (non-hydrogen) atoms. The summed E-state index contributed by atoms with van der Waals surface area (Å²) in [6.07, 6.45) is 6.50. The second kappa shape index (κ2) is 14.7. The van der Waals surface area contributed by atoms with E-state index in [1.54, 1.807) is 13.1 Å². The highest BCUT2D eigenvalue weighted by atomic mass is 32.2. The average molecular weight is 767 g/mol. The van der Waals surface area contributed by atoms with Crippen LogP contribution in [0.5, 0.6) is 5.88 Å². The Hall–Kier alpha value is -4.44. The van der Waals surface area contributed by atoms with Gasteiger partial charge in [-0.2, -0.15) is 0 Å². The highest BCUT2D eigenvalue weighted by molar-refractivity contribution is 7.91. The van der Waals surface area contributed by atoms with Crippen molar-refractivity contribution in [3.8, 4) is 5.88 Å². The Kier molecular flexibility index (Phi) is 10.3. The first kappa shape index (κ1) is 37.9. The van der Waals surface area contributed by atoms with E-state index in [0.29, 0.717) is 57.9 Å². The lowest BCUT2D eigenvalue weighted by Crippen LogP contribution is -2.59. The molecule has 4 fully saturated rings. The molecule has 3 aliphatic heterocycles. The van der Waals surface area contributed by atoms with Gasteiger partial charge in [-0.3, -0.25) is 19.1 Å². The molecule has 1 aromatic carbocycles. The number of hydrogen-bond donors (Lipinski definition) is 4. The molecular formula is C38H50N6O9S. The fraction of sp³-hybridized carbons (Fsp3) is 0.605. The highest BCUT2D eigenvalue weighted by Gasteiger charge is 2.63. The third-order valence-electron chi connectivity index (χ3n) is 11.9. The normalized spacial score (nSPS) is 31.3. The summed E-state index contributed by atoms with van der Waals surface area (Å²) in [5.41, 5.74) is -0.597. The number of hydrogen-bond acceptors (Lipinski definition) is 10. The van der Waals surface area contributed by atoms with Crippen LogP contribution in [0.15, 0.2) is 42.6 Å². The highest BCUT2D eigenvalue weighted by Crippen LogP contribution is 2.47. The van der Waals surface area contributed by atoms with E-state index in [9.17, 15) is 32.7 Å². The van der Waals surface area contributed by atoms with Gasteiger partial charge in [0, 0.05) is 36.2 Å². The second-order valence-corrected chi connectivity index (χ2v) is 18.2. The van der Waals surface area contributed by atoms with Gasteiger partial charge in [-0.1, -0.05) is 44.2 Å². The van der Waals surface area contributed by atoms with Gasteiger partial charge in [0.1, 0.15) is 23.7 Å². The molecule has 0 unspecified atom stereocenters. The van der Waals surface area contributed by atoms with Crippen molar-refractivity contribution in [3.63, 3.8) is 0 Å². The molecule has 15 nitrogen and oxygen atoms in total. The Bertz CT molecular complexity index is 1950. The predicted molar refractivity (Wildman–Crippen MR) is 199 cm³/mol. The number of carbonyl (C=O) groups is 4. The molecule has 5 aliphatic rings. The first-order valence-electron chi connectivity index (χ1n) is 18.9. The lowest BCUT2D eigenvalue weighted by Gasteiger charge is -2.32. The number of rotatable bonds is 7. The number of amides is 4. The standard InChI is InChI=1S/C38H50N6O9S/c1-23-8-4-5-9-25-20-38(25,35(47)42-54(50,51)37(3)12-13-37)41-32(45)29-19-26(22-44(29)34(46)31(24(2)18-23)40-36(48)49)53-33-28-11-7-6-10-27(28)30(21-39-33)43-14-16-52-17-15-43/h5-7,9-11,21,23-26,29,31,40H,4,8,12-20,22H2,1-3H3,(H,41,45)(H,42,47)(H,48,49)/t23-,24+,25+,26+,29-,31-,38+/m0/s1. The van der Waals surface area contributed by atoms with Crippen LogP contribution in [-0.4, -0.2) is 109 Å². The van der Waals surface area contributed by atoms with Crippen LogP contribution in [0.1, 0.15) is 65.7 Å². The molecule has 7 atom stereocenters. The summed E-state index contributed by atoms with van der Waals surface area (Å²) in [6, 6.07) is 5.41. The number of nitrogens with one attached hydrogen (secondary N) is 3. The summed E-state index contributed by atoms with van der Waals surface area (Å²) in [7, 11) is -4.00. The zero-order chi connectivity index (χ0) is 38.4. The van der Waals surface area contributed by atoms with Crippen LogP contribution < -0.4 is 25.0 Å². The van der Waals surface area contributed by atoms with Gasteiger partial charge in [0.05, 0.1) is 36.4 Å². The maximum Gasteiger partial charge on any atom is 0.405 e. The lowest BCUT2D eigenvalue weighted by molar-refractivity contribution is -0.142. The monoisotopic (exact) mass is 766 g/mol. The number of morpholine rings is 1. The third-order valence-corrected chi connectivity index (χ3v) is 14.1. The summed E-state index contributed by atoms with van der Waals surface area (Å²) < 4.78 is 39.6. The largest absolute Gasteiger partial charge is 0.472 e. The number of ether oxygens (including phenoxy) is 2. The molecule has 1 aromatic heterocycles. The number of fused-ring (bicyclic) bond motifs is 3. The van der Waals surface area contributed by atoms with Gasteiger partial charge in [-0.25, -0.2) is 18.2 Å². The van der Waals surface area contributed by atoms with Crippen molar-refractivity contribution in [1.29, 1.82) is 0 Å². The molecule has 2 saturated heterocycles. The van der Waals surface area contributed by atoms with E-state index in [-0.39, 0.29) is 25.3 Å². The molecule has 2 saturated carbocycles. The smallest absolute Gasteiger partial charge is 0.405 e. The minimum Gasteiger partial charge on any atom is -0.472 e. The van der Waals surface area contributed by atoms with E-state index in [0.717, 1.165) is 22.9 Å². The number of aromatic nitrogens is 1. The van der Waals surface area contributed by atoms with Crippen LogP contribution in [0, 0.1) is 17.8 Å². The van der Waals surface area contributed by atoms with Crippen LogP contribution in [-0.2, 0) is 29.1 Å². The lowest BCUT2D eigenvalue weighted by atomic mass is 9.88. The van der Waals surface area contributed by atoms with Crippen LogP contribution in [0.3, 0.4) is 0 Å². The molecule has 2 aromatic rings. The van der Waals surface area contributed by atoms with Crippen LogP contribution >= 0.6 is 0 Å². The number of anilines is 1. The van der Waals surface area contributed by atoms with Crippen molar-refractivity contribution in [2.75, 3.05) is 37.7 Å². The Morgan fingerprint density at radius 3 is 2.52 bits per heavy atom. The van der Waals surface area contributed by atoms with Crippen molar-refractivity contribution >= 4 is 50.3 Å². The molecule has 4 heterocycles. The summed E-state index contributed by atoms with van der Waals surface area (Å²) in [4.78, 5) is 63.0. The van der Waals surface area contributed by atoms with Gasteiger partial charge in [0.25, 0.3) is 5.91 Å². The summed E-state index contributed by atoms with van der Waals surface area (Å²) in [5.74, 6) is -2.44. The number of pyridine rings is 1. The first-order valence-corrected chi connectivity index (χ1v) is 20.4. The zero-order valence-corrected chi connectivity index (χ0v) is 31.8. The zero-order valence-electron chi connectivity index (χ0n) is 31.0. The Morgan fingerprint density at radius 1 is 1.09 bits per heavy atom. The summed E-state index contributed by atoms with van der Waals surface area (Å²) in [6.45, 7) is 8.03. The van der Waals surface area contributed by atoms with Gasteiger partial charge >= 0.3 is 6.09 Å². The number of benzene rings is 1. The van der Waals surface area contributed by atoms with E-state index >= 15 is 0 Å². The molecule has 4 N–H and O–H groups in total. The number of nitrogens with zero attached hydrogens (tertiary/aromatic N) is 3. The molecule has 2 aliphatic carbocycles. The average Bonchev–Trinajstić information content (AvgIpc) is 4.02. The van der Waals surface area contributed by atoms with Crippen molar-refractivity contribution < 1.29 is 42.2 Å². The molecule has 0 spiro atoms. The molecule has 292 valence electrons. The fourth-order valence-electron chi connectivity index (χ4n) is 8.19. The van der Waals surface area contributed by atoms with E-state index in [4.69, 9.17) is 14.5 Å². The van der Waals surface area contributed by atoms with E-state index in [1.165, 1.54) is 4.90 Å². The maximum atomic E-state index is 14.5. The van der Waals surface area contributed by atoms with Gasteiger partial charge < -0.3 is 35.0 Å². The Labute approximate surface area is 315 Å². The quantitative estimate of drug-likeness (QED) is 0.303. The molecule has 16 heteroatoms. The van der Waals surface area contributed by atoms with Crippen LogP contribution in [0.4, 0.5) is 10.5 Å². The van der Waals surface area contributed by atoms with Gasteiger partial charge in [-0.15, -0.1) is 0 Å². The van der Waals surface area contributed by atoms with E-state index in [2.05, 4.69) is 20.3 Å². The second-order valence-electron chi connectivity index (χ2n) is 16.0. The van der Waals surface area contributed by atoms with E-state index < -0.39 is 74.1 Å². The van der Waals surface area contributed by atoms with Crippen molar-refractivity contribution in [3.05, 3.63) is 42.6 Å². The molecule has 4 amide bonds. The first-order chi connectivity index (χ1) is 25.7. The topological polar surface area (TPSA) is 197 Å². The molecular weight excluding hydrogens is 717 g/mol. The SMILES string of the molecule is C[C@H]1CCC=C[C@@H]2C[C@@]2(C(=O)NS(=O)(=O)C2(C)CC2)NC(=O)[C@@H]2C[C@@H](Oc3ncc(N4CCOCC4)c4ccccc34)CN2C(=O)[C@@H](NC(=O)O)[C@H](C)C1. The molecule has 7 rings (SSSR count). The van der Waals surface area contributed by atoms with Crippen molar-refractivity contribution in [1.82, 2.24) is 25.2 Å². The molecule has 0 radical (unpaired) electrons. The summed E-state index contributed by atoms with van der Waals surface area (Å²) in [5, 5.41) is 16.8. The third kappa shape index (κ3) is 7.46. The summed E-state index contributed by atoms with van der Waals surface area (Å²) >= 11 is 0. The number of carbonyl (C=O) groups excluding carboxylic acids is 3.